The van der Waals surface area contributed by atoms with Crippen molar-refractivity contribution >= 4 is 22.6 Å². The summed E-state index contributed by atoms with van der Waals surface area (Å²) in [5, 5.41) is 0. The van der Waals surface area contributed by atoms with E-state index in [4.69, 9.17) is 0 Å². The molecule has 0 amide bonds. The maximum Gasteiger partial charge on any atom is 0.574 e. The summed E-state index contributed by atoms with van der Waals surface area (Å²) in [7, 11) is 1.14. The molecule has 0 aliphatic rings. The second kappa shape index (κ2) is 5.19. The molecule has 9 heteroatoms. The summed E-state index contributed by atoms with van der Waals surface area (Å²) in [6.07, 6.45) is -8.02. The zero-order valence-corrected chi connectivity index (χ0v) is 10.3. The normalized spacial score (nSPS) is 11.8. The van der Waals surface area contributed by atoms with Gasteiger partial charge in [-0.1, -0.05) is 0 Å². The van der Waals surface area contributed by atoms with Gasteiger partial charge in [0, 0.05) is 6.07 Å². The van der Waals surface area contributed by atoms with Gasteiger partial charge in [0.15, 0.2) is 0 Å². The number of pyridine rings is 1. The Bertz CT molecular complexity index is 410. The molecule has 0 bridgehead atoms. The molecule has 3 nitrogen and oxygen atoms in total. The molecule has 96 valence electrons. The predicted molar refractivity (Wildman–Crippen MR) is 55.1 cm³/mol. The molecule has 17 heavy (non-hydrogen) atoms. The van der Waals surface area contributed by atoms with Crippen molar-refractivity contribution in [2.24, 2.45) is 0 Å². The number of nitrogens with zero attached hydrogens (tertiary/aromatic N) is 1. The minimum atomic E-state index is -5.00. The molecule has 1 heterocycles. The van der Waals surface area contributed by atoms with Crippen LogP contribution in [-0.2, 0) is 0 Å². The molecule has 0 aromatic carbocycles. The summed E-state index contributed by atoms with van der Waals surface area (Å²) >= 11 is 1.51. The number of rotatable bonds is 3. The number of hydrogen-bond acceptors (Lipinski definition) is 3. The topological polar surface area (TPSA) is 31.4 Å². The highest BCUT2D eigenvalue weighted by Crippen LogP contribution is 2.34. The van der Waals surface area contributed by atoms with Crippen LogP contribution in [0.25, 0.3) is 0 Å². The summed E-state index contributed by atoms with van der Waals surface area (Å²) in [4.78, 5) is 3.09. The Morgan fingerprint density at radius 3 is 2.35 bits per heavy atom. The van der Waals surface area contributed by atoms with Gasteiger partial charge >= 0.3 is 6.36 Å². The lowest BCUT2D eigenvalue weighted by Crippen LogP contribution is -2.18. The second-order valence-corrected chi connectivity index (χ2v) is 3.79. The number of halogens is 6. The fourth-order valence-electron chi connectivity index (χ4n) is 0.966. The Hall–Kier alpha value is -0.870. The lowest BCUT2D eigenvalue weighted by molar-refractivity contribution is -0.276. The van der Waals surface area contributed by atoms with Gasteiger partial charge in [0.2, 0.25) is 5.88 Å². The first-order chi connectivity index (χ1) is 7.74. The molecule has 1 aromatic rings. The summed E-state index contributed by atoms with van der Waals surface area (Å²) in [6, 6.07) is 0.793. The molecule has 1 rings (SSSR count). The summed E-state index contributed by atoms with van der Waals surface area (Å²) in [5.41, 5.74) is -0.816. The van der Waals surface area contributed by atoms with Crippen LogP contribution in [-0.4, -0.2) is 18.5 Å². The third kappa shape index (κ3) is 3.82. The van der Waals surface area contributed by atoms with Crippen LogP contribution >= 0.6 is 22.6 Å². The third-order valence-corrected chi connectivity index (χ3v) is 2.66. The molecule has 0 spiro atoms. The predicted octanol–water partition coefficient (Wildman–Crippen LogP) is 3.53. The minimum absolute atomic E-state index is 0.0605. The maximum atomic E-state index is 12.5. The van der Waals surface area contributed by atoms with Crippen LogP contribution in [0.1, 0.15) is 12.1 Å². The zero-order valence-electron chi connectivity index (χ0n) is 8.19. The van der Waals surface area contributed by atoms with Gasteiger partial charge in [-0.25, -0.2) is 13.8 Å². The SMILES string of the molecule is COc1cc(OC(F)(F)F)nc(C(F)F)c1I. The number of hydrogen-bond donors (Lipinski definition) is 0. The van der Waals surface area contributed by atoms with Crippen molar-refractivity contribution in [2.75, 3.05) is 7.11 Å². The van der Waals surface area contributed by atoms with Gasteiger partial charge in [-0.3, -0.25) is 0 Å². The number of aromatic nitrogens is 1. The van der Waals surface area contributed by atoms with Gasteiger partial charge in [-0.2, -0.15) is 0 Å². The van der Waals surface area contributed by atoms with Crippen LogP contribution in [0, 0.1) is 3.57 Å². The Morgan fingerprint density at radius 2 is 1.94 bits per heavy atom. The standard InChI is InChI=1S/C8H5F5INO2/c1-16-3-2-4(17-8(11,12)13)15-6(5(3)14)7(9)10/h2,7H,1H3. The smallest absolute Gasteiger partial charge is 0.495 e. The molecule has 0 saturated carbocycles. The maximum absolute atomic E-state index is 12.5. The largest absolute Gasteiger partial charge is 0.574 e. The van der Waals surface area contributed by atoms with E-state index in [-0.39, 0.29) is 9.32 Å². The van der Waals surface area contributed by atoms with E-state index in [1.807, 2.05) is 0 Å². The van der Waals surface area contributed by atoms with E-state index in [0.29, 0.717) is 0 Å². The molecule has 0 N–H and O–H groups in total. The highest BCUT2D eigenvalue weighted by atomic mass is 127. The van der Waals surface area contributed by atoms with E-state index >= 15 is 0 Å². The Balaban J connectivity index is 3.21. The van der Waals surface area contributed by atoms with Crippen LogP contribution in [0.15, 0.2) is 6.07 Å². The van der Waals surface area contributed by atoms with Crippen LogP contribution in [0.5, 0.6) is 11.6 Å². The number of ether oxygens (including phenoxy) is 2. The molecule has 0 unspecified atom stereocenters. The molecule has 0 aliphatic carbocycles. The molecule has 0 radical (unpaired) electrons. The lowest BCUT2D eigenvalue weighted by atomic mass is 10.3. The molecule has 1 aromatic heterocycles. The Kier molecular flexibility index (Phi) is 4.33. The fraction of sp³-hybridized carbons (Fsp3) is 0.375. The van der Waals surface area contributed by atoms with Crippen LogP contribution in [0.3, 0.4) is 0 Å². The molecular formula is C8H5F5INO2. The first-order valence-corrected chi connectivity index (χ1v) is 5.10. The van der Waals surface area contributed by atoms with E-state index in [1.54, 1.807) is 0 Å². The van der Waals surface area contributed by atoms with E-state index < -0.39 is 24.4 Å². The zero-order chi connectivity index (χ0) is 13.2. The van der Waals surface area contributed by atoms with Gasteiger partial charge in [-0.15, -0.1) is 13.2 Å². The van der Waals surface area contributed by atoms with Crippen LogP contribution in [0.4, 0.5) is 22.0 Å². The quantitative estimate of drug-likeness (QED) is 0.604. The van der Waals surface area contributed by atoms with Crippen LogP contribution in [0.2, 0.25) is 0 Å². The second-order valence-electron chi connectivity index (χ2n) is 2.71. The van der Waals surface area contributed by atoms with Crippen molar-refractivity contribution in [3.63, 3.8) is 0 Å². The van der Waals surface area contributed by atoms with E-state index in [1.165, 1.54) is 22.6 Å². The van der Waals surface area contributed by atoms with E-state index in [9.17, 15) is 22.0 Å². The van der Waals surface area contributed by atoms with Gasteiger partial charge in [0.05, 0.1) is 10.7 Å². The number of methoxy groups -OCH3 is 1. The van der Waals surface area contributed by atoms with Gasteiger partial charge in [0.1, 0.15) is 11.4 Å². The Labute approximate surface area is 106 Å². The molecule has 0 saturated heterocycles. The minimum Gasteiger partial charge on any atom is -0.495 e. The molecule has 0 aliphatic heterocycles. The van der Waals surface area contributed by atoms with Crippen LogP contribution < -0.4 is 9.47 Å². The fourth-order valence-corrected chi connectivity index (χ4v) is 1.70. The highest BCUT2D eigenvalue weighted by molar-refractivity contribution is 14.1. The Morgan fingerprint density at radius 1 is 1.35 bits per heavy atom. The summed E-state index contributed by atoms with van der Waals surface area (Å²) in [6.45, 7) is 0. The van der Waals surface area contributed by atoms with Gasteiger partial charge in [-0.05, 0) is 22.6 Å². The first kappa shape index (κ1) is 14.2. The average Bonchev–Trinajstić information content (AvgIpc) is 2.17. The van der Waals surface area contributed by atoms with Gasteiger partial charge < -0.3 is 9.47 Å². The van der Waals surface area contributed by atoms with E-state index in [0.717, 1.165) is 13.2 Å². The molecule has 0 atom stereocenters. The van der Waals surface area contributed by atoms with Crippen molar-refractivity contribution < 1.29 is 31.4 Å². The monoisotopic (exact) mass is 369 g/mol. The van der Waals surface area contributed by atoms with Crippen molar-refractivity contribution in [2.45, 2.75) is 12.8 Å². The third-order valence-electron chi connectivity index (χ3n) is 1.57. The lowest BCUT2D eigenvalue weighted by Gasteiger charge is -2.12. The van der Waals surface area contributed by atoms with Crippen molar-refractivity contribution in [3.8, 4) is 11.6 Å². The summed E-state index contributed by atoms with van der Waals surface area (Å²) in [5.74, 6) is -1.14. The van der Waals surface area contributed by atoms with Gasteiger partial charge in [0.25, 0.3) is 6.43 Å². The highest BCUT2D eigenvalue weighted by Gasteiger charge is 2.33. The first-order valence-electron chi connectivity index (χ1n) is 4.03. The van der Waals surface area contributed by atoms with E-state index in [2.05, 4.69) is 14.5 Å². The number of alkyl halides is 5. The molecule has 0 fully saturated rings. The average molecular weight is 369 g/mol. The van der Waals surface area contributed by atoms with Crippen molar-refractivity contribution in [3.05, 3.63) is 15.3 Å². The summed E-state index contributed by atoms with van der Waals surface area (Å²) < 4.78 is 68.8. The van der Waals surface area contributed by atoms with Crippen molar-refractivity contribution in [1.82, 2.24) is 4.98 Å². The molecular weight excluding hydrogens is 364 g/mol. The van der Waals surface area contributed by atoms with Crippen molar-refractivity contribution in [1.29, 1.82) is 0 Å².